The average Bonchev–Trinajstić information content (AvgIpc) is 2.58. The van der Waals surface area contributed by atoms with E-state index in [1.54, 1.807) is 6.92 Å². The number of nitrogens with two attached hydrogens (primary N) is 1. The molecule has 5 N–H and O–H groups in total. The van der Waals surface area contributed by atoms with E-state index >= 15 is 0 Å². The highest BCUT2D eigenvalue weighted by molar-refractivity contribution is 5.81. The zero-order chi connectivity index (χ0) is 17.5. The van der Waals surface area contributed by atoms with Crippen LogP contribution in [-0.4, -0.2) is 35.9 Å². The summed E-state index contributed by atoms with van der Waals surface area (Å²) in [5.41, 5.74) is 5.69. The Morgan fingerprint density at radius 1 is 1.38 bits per heavy atom. The lowest BCUT2D eigenvalue weighted by atomic mass is 9.81. The summed E-state index contributed by atoms with van der Waals surface area (Å²) in [7, 11) is 0. The fourth-order valence-electron chi connectivity index (χ4n) is 3.70. The topological polar surface area (TPSA) is 87.4 Å². The number of nitrogens with one attached hydrogen (secondary N) is 2. The zero-order valence-electron chi connectivity index (χ0n) is 14.9. The van der Waals surface area contributed by atoms with Crippen molar-refractivity contribution in [1.82, 2.24) is 10.6 Å². The van der Waals surface area contributed by atoms with E-state index in [1.807, 2.05) is 12.2 Å². The summed E-state index contributed by atoms with van der Waals surface area (Å²) in [6, 6.07) is -0.597. The van der Waals surface area contributed by atoms with Gasteiger partial charge in [-0.25, -0.2) is 0 Å². The number of aliphatic hydroxyl groups excluding tert-OH is 1. The fraction of sp³-hybridized carbons (Fsp3) is 0.737. The second kappa shape index (κ2) is 9.35. The quantitative estimate of drug-likeness (QED) is 0.533. The molecule has 0 saturated heterocycles. The Labute approximate surface area is 145 Å². The van der Waals surface area contributed by atoms with Crippen LogP contribution in [0.5, 0.6) is 0 Å². The molecule has 2 rings (SSSR count). The van der Waals surface area contributed by atoms with E-state index in [-0.39, 0.29) is 17.9 Å². The SMILES string of the molecule is CC1CCC[C@H]([C@H](O)NCC(NC(=O)[C@@H](C)N)C2C=CC=CC2)C1. The van der Waals surface area contributed by atoms with Crippen molar-refractivity contribution in [2.75, 3.05) is 6.54 Å². The van der Waals surface area contributed by atoms with Crippen LogP contribution in [0.4, 0.5) is 0 Å². The zero-order valence-corrected chi connectivity index (χ0v) is 14.9. The highest BCUT2D eigenvalue weighted by atomic mass is 16.3. The van der Waals surface area contributed by atoms with E-state index in [4.69, 9.17) is 5.73 Å². The molecule has 0 aromatic heterocycles. The Kier molecular flexibility index (Phi) is 7.46. The van der Waals surface area contributed by atoms with E-state index in [9.17, 15) is 9.90 Å². The molecular weight excluding hydrogens is 302 g/mol. The third-order valence-corrected chi connectivity index (χ3v) is 5.24. The van der Waals surface area contributed by atoms with Crippen molar-refractivity contribution in [1.29, 1.82) is 0 Å². The summed E-state index contributed by atoms with van der Waals surface area (Å²) in [6.07, 6.45) is 13.2. The number of amides is 1. The molecule has 1 saturated carbocycles. The first-order valence-corrected chi connectivity index (χ1v) is 9.28. The van der Waals surface area contributed by atoms with Crippen LogP contribution >= 0.6 is 0 Å². The molecule has 2 aliphatic rings. The van der Waals surface area contributed by atoms with E-state index < -0.39 is 12.3 Å². The van der Waals surface area contributed by atoms with Crippen molar-refractivity contribution in [3.8, 4) is 0 Å². The van der Waals surface area contributed by atoms with Crippen LogP contribution in [0.25, 0.3) is 0 Å². The van der Waals surface area contributed by atoms with E-state index in [0.29, 0.717) is 18.4 Å². The molecule has 2 aliphatic carbocycles. The Balaban J connectivity index is 1.90. The lowest BCUT2D eigenvalue weighted by Gasteiger charge is -2.33. The molecule has 24 heavy (non-hydrogen) atoms. The number of carbonyl (C=O) groups excluding carboxylic acids is 1. The van der Waals surface area contributed by atoms with Crippen LogP contribution in [0.1, 0.15) is 46.0 Å². The molecule has 5 nitrogen and oxygen atoms in total. The highest BCUT2D eigenvalue weighted by Crippen LogP contribution is 2.30. The van der Waals surface area contributed by atoms with Crippen molar-refractivity contribution in [2.24, 2.45) is 23.5 Å². The number of carbonyl (C=O) groups is 1. The summed E-state index contributed by atoms with van der Waals surface area (Å²) < 4.78 is 0. The van der Waals surface area contributed by atoms with E-state index in [0.717, 1.165) is 19.3 Å². The van der Waals surface area contributed by atoms with E-state index in [1.165, 1.54) is 12.8 Å². The summed E-state index contributed by atoms with van der Waals surface area (Å²) in [5, 5.41) is 16.8. The predicted octanol–water partition coefficient (Wildman–Crippen LogP) is 1.69. The predicted molar refractivity (Wildman–Crippen MR) is 97.1 cm³/mol. The molecule has 0 aliphatic heterocycles. The minimum atomic E-state index is -0.528. The van der Waals surface area contributed by atoms with Gasteiger partial charge in [0.05, 0.1) is 6.04 Å². The van der Waals surface area contributed by atoms with Crippen LogP contribution in [0.3, 0.4) is 0 Å². The minimum Gasteiger partial charge on any atom is -0.378 e. The first kappa shape index (κ1) is 19.2. The van der Waals surface area contributed by atoms with Crippen molar-refractivity contribution in [3.63, 3.8) is 0 Å². The number of hydrogen-bond acceptors (Lipinski definition) is 4. The summed E-state index contributed by atoms with van der Waals surface area (Å²) in [4.78, 5) is 12.0. The van der Waals surface area contributed by atoms with Crippen molar-refractivity contribution in [2.45, 2.75) is 64.3 Å². The average molecular weight is 335 g/mol. The number of aliphatic hydroxyl groups is 1. The number of allylic oxidation sites excluding steroid dienone is 3. The molecule has 0 bridgehead atoms. The van der Waals surface area contributed by atoms with E-state index in [2.05, 4.69) is 29.7 Å². The summed E-state index contributed by atoms with van der Waals surface area (Å²) in [6.45, 7) is 4.49. The van der Waals surface area contributed by atoms with Gasteiger partial charge in [0.2, 0.25) is 5.91 Å². The van der Waals surface area contributed by atoms with Crippen LogP contribution in [0, 0.1) is 17.8 Å². The monoisotopic (exact) mass is 335 g/mol. The summed E-state index contributed by atoms with van der Waals surface area (Å²) >= 11 is 0. The standard InChI is InChI=1S/C19H33N3O2/c1-13-7-6-10-16(11-13)19(24)21-12-17(22-18(23)14(2)20)15-8-4-3-5-9-15/h3-5,8,13-17,19,21,24H,6-7,9-12,20H2,1-2H3,(H,22,23)/t13?,14-,15?,16+,17?,19+/m1/s1. The highest BCUT2D eigenvalue weighted by Gasteiger charge is 2.28. The maximum absolute atomic E-state index is 12.0. The van der Waals surface area contributed by atoms with Gasteiger partial charge in [0.25, 0.3) is 0 Å². The van der Waals surface area contributed by atoms with Gasteiger partial charge in [0.15, 0.2) is 0 Å². The lowest BCUT2D eigenvalue weighted by Crippen LogP contribution is -2.53. The van der Waals surface area contributed by atoms with Crippen molar-refractivity contribution in [3.05, 3.63) is 24.3 Å². The van der Waals surface area contributed by atoms with Crippen LogP contribution in [0.2, 0.25) is 0 Å². The maximum atomic E-state index is 12.0. The molecule has 0 aromatic rings. The van der Waals surface area contributed by atoms with Gasteiger partial charge in [-0.1, -0.05) is 44.1 Å². The van der Waals surface area contributed by atoms with Gasteiger partial charge in [0, 0.05) is 18.5 Å². The molecule has 0 heterocycles. The number of rotatable bonds is 7. The first-order valence-electron chi connectivity index (χ1n) is 9.28. The number of hydrogen-bond donors (Lipinski definition) is 4. The fourth-order valence-corrected chi connectivity index (χ4v) is 3.70. The Morgan fingerprint density at radius 2 is 2.17 bits per heavy atom. The molecule has 3 unspecified atom stereocenters. The third-order valence-electron chi connectivity index (χ3n) is 5.24. The summed E-state index contributed by atoms with van der Waals surface area (Å²) in [5.74, 6) is 1.06. The van der Waals surface area contributed by atoms with Gasteiger partial charge in [0.1, 0.15) is 6.23 Å². The molecule has 0 aromatic carbocycles. The Morgan fingerprint density at radius 3 is 2.79 bits per heavy atom. The second-order valence-corrected chi connectivity index (χ2v) is 7.50. The normalized spacial score (nSPS) is 30.6. The Bertz CT molecular complexity index is 462. The van der Waals surface area contributed by atoms with Gasteiger partial charge >= 0.3 is 0 Å². The molecule has 5 heteroatoms. The smallest absolute Gasteiger partial charge is 0.236 e. The van der Waals surface area contributed by atoms with Gasteiger partial charge < -0.3 is 16.2 Å². The van der Waals surface area contributed by atoms with Gasteiger partial charge in [-0.15, -0.1) is 0 Å². The van der Waals surface area contributed by atoms with Gasteiger partial charge in [-0.05, 0) is 38.0 Å². The molecular formula is C19H33N3O2. The van der Waals surface area contributed by atoms with Crippen molar-refractivity contribution < 1.29 is 9.90 Å². The molecule has 1 fully saturated rings. The van der Waals surface area contributed by atoms with Crippen LogP contribution in [-0.2, 0) is 4.79 Å². The van der Waals surface area contributed by atoms with Crippen molar-refractivity contribution >= 4 is 5.91 Å². The maximum Gasteiger partial charge on any atom is 0.236 e. The first-order chi connectivity index (χ1) is 11.5. The molecule has 0 spiro atoms. The minimum absolute atomic E-state index is 0.0691. The second-order valence-electron chi connectivity index (χ2n) is 7.50. The third kappa shape index (κ3) is 5.72. The van der Waals surface area contributed by atoms with Gasteiger partial charge in [-0.2, -0.15) is 0 Å². The lowest BCUT2D eigenvalue weighted by molar-refractivity contribution is -0.123. The Hall–Kier alpha value is -1.17. The molecule has 1 amide bonds. The molecule has 0 radical (unpaired) electrons. The van der Waals surface area contributed by atoms with Crippen LogP contribution in [0.15, 0.2) is 24.3 Å². The largest absolute Gasteiger partial charge is 0.378 e. The van der Waals surface area contributed by atoms with Gasteiger partial charge in [-0.3, -0.25) is 10.1 Å². The molecule has 6 atom stereocenters. The van der Waals surface area contributed by atoms with Crippen LogP contribution < -0.4 is 16.4 Å². The molecule has 136 valence electrons.